The Morgan fingerprint density at radius 3 is 2.76 bits per heavy atom. The Kier molecular flexibility index (Phi) is 5.49. The maximum atomic E-state index is 13.8. The van der Waals surface area contributed by atoms with Gasteiger partial charge in [-0.05, 0) is 51.5 Å². The number of rotatable bonds is 3. The Hall–Kier alpha value is -4.19. The SMILES string of the molecule is Cc1cc(-c2cc(C(=O)N3CCCN(c4ncccc4C#N)CC3)c3c(C)noc3n2)c(C)o1. The van der Waals surface area contributed by atoms with E-state index < -0.39 is 0 Å². The van der Waals surface area contributed by atoms with E-state index in [0.717, 1.165) is 23.5 Å². The Balaban J connectivity index is 1.48. The van der Waals surface area contributed by atoms with Crippen molar-refractivity contribution >= 4 is 22.8 Å². The number of nitriles is 1. The molecule has 1 aliphatic heterocycles. The third kappa shape index (κ3) is 3.77. The van der Waals surface area contributed by atoms with Crippen molar-refractivity contribution < 1.29 is 13.7 Å². The minimum atomic E-state index is -0.0961. The lowest BCUT2D eigenvalue weighted by Gasteiger charge is -2.23. The normalized spacial score (nSPS) is 14.3. The molecule has 34 heavy (non-hydrogen) atoms. The van der Waals surface area contributed by atoms with Crippen LogP contribution >= 0.6 is 0 Å². The first-order chi connectivity index (χ1) is 16.5. The van der Waals surface area contributed by atoms with Gasteiger partial charge in [0.25, 0.3) is 11.6 Å². The number of hydrogen-bond donors (Lipinski definition) is 0. The largest absolute Gasteiger partial charge is 0.466 e. The number of anilines is 1. The summed E-state index contributed by atoms with van der Waals surface area (Å²) in [6.07, 6.45) is 2.45. The van der Waals surface area contributed by atoms with Crippen molar-refractivity contribution in [3.8, 4) is 17.3 Å². The minimum absolute atomic E-state index is 0.0961. The molecule has 4 aromatic rings. The maximum absolute atomic E-state index is 13.8. The number of aromatic nitrogens is 3. The van der Waals surface area contributed by atoms with Crippen LogP contribution in [0.3, 0.4) is 0 Å². The molecule has 1 aliphatic rings. The van der Waals surface area contributed by atoms with Gasteiger partial charge in [-0.3, -0.25) is 4.79 Å². The number of aryl methyl sites for hydroxylation is 3. The molecule has 9 nitrogen and oxygen atoms in total. The number of amides is 1. The molecule has 0 N–H and O–H groups in total. The molecule has 0 radical (unpaired) electrons. The van der Waals surface area contributed by atoms with E-state index in [2.05, 4.69) is 26.1 Å². The molecular weight excluding hydrogens is 432 g/mol. The number of pyridine rings is 2. The molecule has 9 heteroatoms. The van der Waals surface area contributed by atoms with Crippen LogP contribution in [0.2, 0.25) is 0 Å². The van der Waals surface area contributed by atoms with Crippen molar-refractivity contribution in [1.82, 2.24) is 20.0 Å². The fraction of sp³-hybridized carbons (Fsp3) is 0.320. The van der Waals surface area contributed by atoms with E-state index in [9.17, 15) is 10.1 Å². The fourth-order valence-corrected chi connectivity index (χ4v) is 4.53. The van der Waals surface area contributed by atoms with E-state index in [-0.39, 0.29) is 5.91 Å². The molecule has 1 amide bonds. The number of carbonyl (C=O) groups excluding carboxylic acids is 1. The summed E-state index contributed by atoms with van der Waals surface area (Å²) in [5.41, 5.74) is 3.45. The van der Waals surface area contributed by atoms with Crippen molar-refractivity contribution in [3.63, 3.8) is 0 Å². The van der Waals surface area contributed by atoms with Gasteiger partial charge in [0.05, 0.1) is 27.9 Å². The highest BCUT2D eigenvalue weighted by Crippen LogP contribution is 2.31. The number of hydrogen-bond acceptors (Lipinski definition) is 8. The lowest BCUT2D eigenvalue weighted by atomic mass is 10.0. The lowest BCUT2D eigenvalue weighted by Crippen LogP contribution is -2.35. The third-order valence-corrected chi connectivity index (χ3v) is 6.15. The van der Waals surface area contributed by atoms with Crippen LogP contribution in [0.25, 0.3) is 22.4 Å². The summed E-state index contributed by atoms with van der Waals surface area (Å²) in [4.78, 5) is 26.7. The van der Waals surface area contributed by atoms with Gasteiger partial charge in [-0.2, -0.15) is 5.26 Å². The van der Waals surface area contributed by atoms with E-state index >= 15 is 0 Å². The van der Waals surface area contributed by atoms with Crippen LogP contribution < -0.4 is 4.90 Å². The monoisotopic (exact) mass is 456 g/mol. The van der Waals surface area contributed by atoms with Crippen molar-refractivity contribution in [3.05, 3.63) is 58.8 Å². The molecule has 0 aromatic carbocycles. The molecule has 0 spiro atoms. The first-order valence-electron chi connectivity index (χ1n) is 11.2. The molecule has 4 aromatic heterocycles. The Morgan fingerprint density at radius 1 is 1.15 bits per heavy atom. The number of carbonyl (C=O) groups is 1. The molecule has 1 saturated heterocycles. The second kappa shape index (κ2) is 8.63. The quantitative estimate of drug-likeness (QED) is 0.454. The van der Waals surface area contributed by atoms with Gasteiger partial charge in [0.2, 0.25) is 0 Å². The first-order valence-corrected chi connectivity index (χ1v) is 11.2. The zero-order chi connectivity index (χ0) is 23.8. The van der Waals surface area contributed by atoms with E-state index in [0.29, 0.717) is 65.6 Å². The van der Waals surface area contributed by atoms with Crippen molar-refractivity contribution in [1.29, 1.82) is 5.26 Å². The Labute approximate surface area is 196 Å². The molecule has 0 aliphatic carbocycles. The number of furan rings is 1. The molecule has 0 unspecified atom stereocenters. The average Bonchev–Trinajstić information content (AvgIpc) is 3.28. The van der Waals surface area contributed by atoms with Crippen molar-refractivity contribution in [2.24, 2.45) is 0 Å². The van der Waals surface area contributed by atoms with E-state index in [1.165, 1.54) is 0 Å². The summed E-state index contributed by atoms with van der Waals surface area (Å²) < 4.78 is 11.1. The summed E-state index contributed by atoms with van der Waals surface area (Å²) in [6, 6.07) is 9.44. The van der Waals surface area contributed by atoms with Gasteiger partial charge < -0.3 is 18.7 Å². The Morgan fingerprint density at radius 2 is 2.00 bits per heavy atom. The Bertz CT molecular complexity index is 1430. The van der Waals surface area contributed by atoms with Crippen LogP contribution in [0, 0.1) is 32.1 Å². The second-order valence-corrected chi connectivity index (χ2v) is 8.45. The van der Waals surface area contributed by atoms with Crippen LogP contribution in [-0.2, 0) is 0 Å². The number of nitrogens with zero attached hydrogens (tertiary/aromatic N) is 6. The highest BCUT2D eigenvalue weighted by molar-refractivity contribution is 6.07. The molecule has 5 heterocycles. The van der Waals surface area contributed by atoms with Crippen LogP contribution in [0.1, 0.15) is 39.6 Å². The topological polar surface area (TPSA) is 112 Å². The minimum Gasteiger partial charge on any atom is -0.466 e. The molecule has 1 fully saturated rings. The van der Waals surface area contributed by atoms with Crippen LogP contribution in [-0.4, -0.2) is 52.1 Å². The summed E-state index contributed by atoms with van der Waals surface area (Å²) in [6.45, 7) is 7.96. The summed E-state index contributed by atoms with van der Waals surface area (Å²) in [7, 11) is 0. The van der Waals surface area contributed by atoms with Crippen molar-refractivity contribution in [2.75, 3.05) is 31.1 Å². The molecule has 0 atom stereocenters. The molecular formula is C25H24N6O3. The van der Waals surface area contributed by atoms with Crippen LogP contribution in [0.15, 0.2) is 39.4 Å². The van der Waals surface area contributed by atoms with E-state index in [1.54, 1.807) is 24.4 Å². The average molecular weight is 457 g/mol. The van der Waals surface area contributed by atoms with Gasteiger partial charge >= 0.3 is 0 Å². The molecule has 172 valence electrons. The summed E-state index contributed by atoms with van der Waals surface area (Å²) >= 11 is 0. The third-order valence-electron chi connectivity index (χ3n) is 6.15. The van der Waals surface area contributed by atoms with Gasteiger partial charge in [-0.15, -0.1) is 0 Å². The van der Waals surface area contributed by atoms with E-state index in [1.807, 2.05) is 31.7 Å². The fourth-order valence-electron chi connectivity index (χ4n) is 4.53. The zero-order valence-electron chi connectivity index (χ0n) is 19.3. The van der Waals surface area contributed by atoms with Gasteiger partial charge in [-0.1, -0.05) is 5.16 Å². The highest BCUT2D eigenvalue weighted by Gasteiger charge is 2.27. The highest BCUT2D eigenvalue weighted by atomic mass is 16.5. The van der Waals surface area contributed by atoms with Crippen LogP contribution in [0.5, 0.6) is 0 Å². The van der Waals surface area contributed by atoms with Crippen molar-refractivity contribution in [2.45, 2.75) is 27.2 Å². The first kappa shape index (κ1) is 21.6. The standard InChI is InChI=1S/C25H24N6O3/c1-15-12-19(17(3)33-15)21-13-20(22-16(2)29-34-24(22)28-21)25(32)31-9-5-8-30(10-11-31)23-18(14-26)6-4-7-27-23/h4,6-7,12-13H,5,8-11H2,1-3H3. The molecule has 0 bridgehead atoms. The zero-order valence-corrected chi connectivity index (χ0v) is 19.3. The van der Waals surface area contributed by atoms with Gasteiger partial charge in [-0.25, -0.2) is 9.97 Å². The predicted molar refractivity (Wildman–Crippen MR) is 125 cm³/mol. The lowest BCUT2D eigenvalue weighted by molar-refractivity contribution is 0.0769. The summed E-state index contributed by atoms with van der Waals surface area (Å²) in [5, 5.41) is 14.1. The van der Waals surface area contributed by atoms with Crippen LogP contribution in [0.4, 0.5) is 5.82 Å². The molecule has 5 rings (SSSR count). The smallest absolute Gasteiger partial charge is 0.259 e. The number of fused-ring (bicyclic) bond motifs is 1. The predicted octanol–water partition coefficient (Wildman–Crippen LogP) is 4.03. The van der Waals surface area contributed by atoms with Gasteiger partial charge in [0, 0.05) is 37.9 Å². The van der Waals surface area contributed by atoms with Gasteiger partial charge in [0.1, 0.15) is 23.4 Å². The molecule has 0 saturated carbocycles. The summed E-state index contributed by atoms with van der Waals surface area (Å²) in [5.74, 6) is 2.07. The van der Waals surface area contributed by atoms with Gasteiger partial charge in [0.15, 0.2) is 0 Å². The second-order valence-electron chi connectivity index (χ2n) is 8.45. The van der Waals surface area contributed by atoms with E-state index in [4.69, 9.17) is 8.94 Å². The maximum Gasteiger partial charge on any atom is 0.259 e.